The van der Waals surface area contributed by atoms with E-state index in [2.05, 4.69) is 4.98 Å². The molecule has 5 rings (SSSR count). The van der Waals surface area contributed by atoms with E-state index in [1.54, 1.807) is 79.7 Å². The number of ether oxygens (including phenoxy) is 1. The first kappa shape index (κ1) is 25.5. The highest BCUT2D eigenvalue weighted by atomic mass is 32.1. The molecule has 1 amide bonds. The lowest BCUT2D eigenvalue weighted by molar-refractivity contribution is -0.140. The maximum Gasteiger partial charge on any atom is 0.434 e. The Balaban J connectivity index is 1.72. The molecule has 8 heteroatoms. The number of carbonyl (C=O) groups excluding carboxylic acids is 1. The van der Waals surface area contributed by atoms with E-state index in [4.69, 9.17) is 4.74 Å². The topological polar surface area (TPSA) is 42.4 Å². The number of rotatable bonds is 6. The number of nitrogens with zero attached hydrogens (tertiary/aromatic N) is 2. The summed E-state index contributed by atoms with van der Waals surface area (Å²) in [6.45, 7) is 4.10. The second-order valence-electron chi connectivity index (χ2n) is 8.58. The minimum absolute atomic E-state index is 0.0437. The van der Waals surface area contributed by atoms with Crippen LogP contribution in [0.4, 0.5) is 24.0 Å². The summed E-state index contributed by atoms with van der Waals surface area (Å²) >= 11 is 0.843. The van der Waals surface area contributed by atoms with Gasteiger partial charge in [0, 0.05) is 11.1 Å². The van der Waals surface area contributed by atoms with E-state index < -0.39 is 17.8 Å². The lowest BCUT2D eigenvalue weighted by Gasteiger charge is -2.21. The minimum atomic E-state index is -4.72. The fourth-order valence-corrected chi connectivity index (χ4v) is 5.45. The van der Waals surface area contributed by atoms with Gasteiger partial charge in [-0.15, -0.1) is 0 Å². The van der Waals surface area contributed by atoms with Crippen LogP contribution >= 0.6 is 11.3 Å². The summed E-state index contributed by atoms with van der Waals surface area (Å²) in [6, 6.07) is 26.1. The number of amides is 1. The molecular formula is C30H23F3N2O2S. The Bertz CT molecular complexity index is 1610. The highest BCUT2D eigenvalue weighted by Gasteiger charge is 2.40. The molecule has 0 saturated heterocycles. The molecule has 0 spiro atoms. The molecule has 0 fully saturated rings. The van der Waals surface area contributed by atoms with Crippen LogP contribution < -0.4 is 9.64 Å². The van der Waals surface area contributed by atoms with Crippen molar-refractivity contribution in [2.24, 2.45) is 0 Å². The zero-order valence-corrected chi connectivity index (χ0v) is 21.4. The average Bonchev–Trinajstić information content (AvgIpc) is 3.35. The Morgan fingerprint density at radius 2 is 1.61 bits per heavy atom. The maximum absolute atomic E-state index is 14.4. The van der Waals surface area contributed by atoms with Crippen molar-refractivity contribution in [3.05, 3.63) is 108 Å². The van der Waals surface area contributed by atoms with Gasteiger partial charge in [0.2, 0.25) is 0 Å². The molecule has 38 heavy (non-hydrogen) atoms. The third-order valence-corrected chi connectivity index (χ3v) is 7.17. The second kappa shape index (κ2) is 10.3. The van der Waals surface area contributed by atoms with Crippen molar-refractivity contribution in [2.45, 2.75) is 20.0 Å². The van der Waals surface area contributed by atoms with E-state index in [9.17, 15) is 18.0 Å². The van der Waals surface area contributed by atoms with Gasteiger partial charge in [0.25, 0.3) is 5.91 Å². The van der Waals surface area contributed by atoms with Crippen LogP contribution in [0.5, 0.6) is 5.75 Å². The number of carbonyl (C=O) groups is 1. The van der Waals surface area contributed by atoms with E-state index in [1.807, 2.05) is 25.1 Å². The van der Waals surface area contributed by atoms with Gasteiger partial charge >= 0.3 is 6.18 Å². The molecule has 4 aromatic carbocycles. The Labute approximate surface area is 222 Å². The van der Waals surface area contributed by atoms with Crippen molar-refractivity contribution in [3.8, 4) is 16.2 Å². The standard InChI is InChI=1S/C30H23F3N2O2S/c1-3-37-22-17-15-21(16-18-22)35(28(36)23-12-6-4-9-19(23)2)29-34-27(30(31,32)33)26(38-29)25-14-8-11-20-10-5-7-13-24(20)25/h4-18H,3H2,1-2H3. The van der Waals surface area contributed by atoms with Gasteiger partial charge in [-0.3, -0.25) is 9.69 Å². The molecule has 0 atom stereocenters. The van der Waals surface area contributed by atoms with E-state index in [-0.39, 0.29) is 10.0 Å². The molecule has 0 aliphatic rings. The fourth-order valence-electron chi connectivity index (χ4n) is 4.31. The number of hydrogen-bond donors (Lipinski definition) is 0. The predicted octanol–water partition coefficient (Wildman–Crippen LogP) is 8.67. The molecule has 0 radical (unpaired) electrons. The number of aromatic nitrogens is 1. The molecule has 5 aromatic rings. The quantitative estimate of drug-likeness (QED) is 0.220. The summed E-state index contributed by atoms with van der Waals surface area (Å²) in [6.07, 6.45) is -4.72. The van der Waals surface area contributed by atoms with Crippen LogP contribution in [-0.2, 0) is 6.18 Å². The van der Waals surface area contributed by atoms with E-state index in [0.717, 1.165) is 16.7 Å². The van der Waals surface area contributed by atoms with E-state index in [0.29, 0.717) is 40.1 Å². The maximum atomic E-state index is 14.4. The van der Waals surface area contributed by atoms with Crippen LogP contribution in [0.15, 0.2) is 91.0 Å². The number of hydrogen-bond acceptors (Lipinski definition) is 4. The monoisotopic (exact) mass is 532 g/mol. The van der Waals surface area contributed by atoms with Crippen molar-refractivity contribution in [3.63, 3.8) is 0 Å². The molecule has 4 nitrogen and oxygen atoms in total. The Morgan fingerprint density at radius 1 is 0.921 bits per heavy atom. The van der Waals surface area contributed by atoms with Gasteiger partial charge in [-0.1, -0.05) is 72.0 Å². The molecular weight excluding hydrogens is 509 g/mol. The predicted molar refractivity (Wildman–Crippen MR) is 145 cm³/mol. The molecule has 0 aliphatic carbocycles. The molecule has 1 heterocycles. The van der Waals surface area contributed by atoms with Crippen molar-refractivity contribution < 1.29 is 22.7 Å². The van der Waals surface area contributed by atoms with Crippen LogP contribution in [-0.4, -0.2) is 17.5 Å². The van der Waals surface area contributed by atoms with Gasteiger partial charge in [0.05, 0.1) is 17.2 Å². The van der Waals surface area contributed by atoms with Gasteiger partial charge in [-0.05, 0) is 60.5 Å². The summed E-state index contributed by atoms with van der Waals surface area (Å²) in [7, 11) is 0. The normalized spacial score (nSPS) is 11.5. The highest BCUT2D eigenvalue weighted by Crippen LogP contribution is 2.46. The van der Waals surface area contributed by atoms with Crippen LogP contribution in [0.25, 0.3) is 21.2 Å². The first-order chi connectivity index (χ1) is 18.3. The van der Waals surface area contributed by atoms with Crippen molar-refractivity contribution in [1.82, 2.24) is 4.98 Å². The highest BCUT2D eigenvalue weighted by molar-refractivity contribution is 7.19. The summed E-state index contributed by atoms with van der Waals surface area (Å²) in [4.78, 5) is 19.1. The third-order valence-electron chi connectivity index (χ3n) is 6.09. The first-order valence-electron chi connectivity index (χ1n) is 12.0. The number of thiazole rings is 1. The van der Waals surface area contributed by atoms with Gasteiger partial charge in [-0.2, -0.15) is 13.2 Å². The minimum Gasteiger partial charge on any atom is -0.494 e. The smallest absolute Gasteiger partial charge is 0.434 e. The molecule has 0 aliphatic heterocycles. The van der Waals surface area contributed by atoms with Crippen LogP contribution in [0.3, 0.4) is 0 Å². The zero-order valence-electron chi connectivity index (χ0n) is 20.6. The van der Waals surface area contributed by atoms with Crippen LogP contribution in [0.1, 0.15) is 28.5 Å². The SMILES string of the molecule is CCOc1ccc(N(C(=O)c2ccccc2C)c2nc(C(F)(F)F)c(-c3cccc4ccccc34)s2)cc1. The molecule has 0 bridgehead atoms. The first-order valence-corrected chi connectivity index (χ1v) is 12.8. The number of anilines is 2. The largest absolute Gasteiger partial charge is 0.494 e. The average molecular weight is 533 g/mol. The number of aryl methyl sites for hydroxylation is 1. The van der Waals surface area contributed by atoms with Crippen LogP contribution in [0.2, 0.25) is 0 Å². The molecule has 0 saturated carbocycles. The number of benzene rings is 4. The molecule has 192 valence electrons. The lowest BCUT2D eigenvalue weighted by Crippen LogP contribution is -2.26. The van der Waals surface area contributed by atoms with Gasteiger partial charge in [0.1, 0.15) is 5.75 Å². The number of fused-ring (bicyclic) bond motifs is 1. The van der Waals surface area contributed by atoms with Crippen LogP contribution in [0, 0.1) is 6.92 Å². The molecule has 1 aromatic heterocycles. The summed E-state index contributed by atoms with van der Waals surface area (Å²) in [5.74, 6) is 0.116. The van der Waals surface area contributed by atoms with Gasteiger partial charge < -0.3 is 4.74 Å². The lowest BCUT2D eigenvalue weighted by atomic mass is 10.0. The molecule has 0 unspecified atom stereocenters. The van der Waals surface area contributed by atoms with Gasteiger partial charge in [-0.25, -0.2) is 4.98 Å². The Kier molecular flexibility index (Phi) is 6.91. The van der Waals surface area contributed by atoms with Gasteiger partial charge in [0.15, 0.2) is 10.8 Å². The summed E-state index contributed by atoms with van der Waals surface area (Å²) < 4.78 is 48.6. The second-order valence-corrected chi connectivity index (χ2v) is 9.56. The van der Waals surface area contributed by atoms with Crippen molar-refractivity contribution in [2.75, 3.05) is 11.5 Å². The third kappa shape index (κ3) is 4.87. The fraction of sp³-hybridized carbons (Fsp3) is 0.133. The number of halogens is 3. The Morgan fingerprint density at radius 3 is 2.32 bits per heavy atom. The summed E-state index contributed by atoms with van der Waals surface area (Å²) in [5.41, 5.74) is 0.845. The van der Waals surface area contributed by atoms with E-state index in [1.165, 1.54) is 4.90 Å². The number of alkyl halides is 3. The zero-order chi connectivity index (χ0) is 26.9. The van der Waals surface area contributed by atoms with Crippen molar-refractivity contribution >= 4 is 38.8 Å². The Hall–Kier alpha value is -4.17. The van der Waals surface area contributed by atoms with E-state index >= 15 is 0 Å². The molecule has 0 N–H and O–H groups in total. The summed E-state index contributed by atoms with van der Waals surface area (Å²) in [5, 5.41) is 1.42. The van der Waals surface area contributed by atoms with Crippen molar-refractivity contribution in [1.29, 1.82) is 0 Å².